The molecule has 1 aromatic rings. The second-order valence-corrected chi connectivity index (χ2v) is 4.37. The van der Waals surface area contributed by atoms with Crippen molar-refractivity contribution in [3.63, 3.8) is 0 Å². The molecule has 98 valence electrons. The Morgan fingerprint density at radius 3 is 2.41 bits per heavy atom. The van der Waals surface area contributed by atoms with Gasteiger partial charge in [0.05, 0.1) is 24.2 Å². The topological polar surface area (TPSA) is 27.1 Å². The van der Waals surface area contributed by atoms with Crippen LogP contribution in [0.5, 0.6) is 0 Å². The number of alkyl halides is 4. The predicted octanol–water partition coefficient (Wildman–Crippen LogP) is 3.34. The summed E-state index contributed by atoms with van der Waals surface area (Å²) in [6.45, 7) is 4.95. The molecular weight excluding hydrogens is 257 g/mol. The zero-order valence-corrected chi connectivity index (χ0v) is 10.6. The van der Waals surface area contributed by atoms with Gasteiger partial charge < -0.3 is 0 Å². The van der Waals surface area contributed by atoms with Crippen LogP contribution in [0.1, 0.15) is 29.3 Å². The summed E-state index contributed by atoms with van der Waals surface area (Å²) >= 11 is 5.97. The molecule has 1 aromatic heterocycles. The van der Waals surface area contributed by atoms with Gasteiger partial charge in [0, 0.05) is 11.3 Å². The maximum absolute atomic E-state index is 11.8. The van der Waals surface area contributed by atoms with Crippen LogP contribution < -0.4 is 0 Å². The fourth-order valence-electron chi connectivity index (χ4n) is 1.75. The minimum absolute atomic E-state index is 0.0514. The van der Waals surface area contributed by atoms with Crippen LogP contribution in [0.25, 0.3) is 0 Å². The third kappa shape index (κ3) is 3.89. The van der Waals surface area contributed by atoms with Crippen molar-refractivity contribution < 1.29 is 17.9 Å². The largest absolute Gasteiger partial charge is 0.522 e. The number of aromatic nitrogens is 2. The van der Waals surface area contributed by atoms with Crippen LogP contribution >= 0.6 is 11.6 Å². The number of aryl methyl sites for hydroxylation is 1. The molecule has 0 amide bonds. The molecule has 17 heavy (non-hydrogen) atoms. The van der Waals surface area contributed by atoms with Crippen molar-refractivity contribution in [2.45, 2.75) is 39.1 Å². The van der Waals surface area contributed by atoms with Crippen LogP contribution in [-0.2, 0) is 11.3 Å². The molecular formula is C10H14ClF3N2O. The summed E-state index contributed by atoms with van der Waals surface area (Å²) < 4.78 is 40.6. The van der Waals surface area contributed by atoms with E-state index < -0.39 is 13.0 Å². The van der Waals surface area contributed by atoms with Crippen LogP contribution in [-0.4, -0.2) is 22.7 Å². The van der Waals surface area contributed by atoms with Crippen LogP contribution in [0.3, 0.4) is 0 Å². The number of rotatable bonds is 4. The number of hydrogen-bond acceptors (Lipinski definition) is 2. The lowest BCUT2D eigenvalue weighted by Crippen LogP contribution is -2.18. The Bertz CT molecular complexity index is 388. The molecule has 3 nitrogen and oxygen atoms in total. The highest BCUT2D eigenvalue weighted by Crippen LogP contribution is 2.26. The monoisotopic (exact) mass is 270 g/mol. The summed E-state index contributed by atoms with van der Waals surface area (Å²) in [5.41, 5.74) is 2.37. The summed E-state index contributed by atoms with van der Waals surface area (Å²) in [4.78, 5) is 0. The Balaban J connectivity index is 2.70. The Morgan fingerprint density at radius 2 is 2.00 bits per heavy atom. The van der Waals surface area contributed by atoms with E-state index in [4.69, 9.17) is 11.6 Å². The standard InChI is InChI=1S/C10H14ClF3N2O/c1-6(11)9-7(2)15-16(8(9)3)4-5-17-10(12,13)14/h6H,4-5H2,1-3H3. The van der Waals surface area contributed by atoms with Crippen molar-refractivity contribution in [2.75, 3.05) is 6.61 Å². The lowest BCUT2D eigenvalue weighted by atomic mass is 10.1. The van der Waals surface area contributed by atoms with Gasteiger partial charge >= 0.3 is 6.36 Å². The molecule has 0 N–H and O–H groups in total. The van der Waals surface area contributed by atoms with Crippen molar-refractivity contribution in [2.24, 2.45) is 0 Å². The van der Waals surface area contributed by atoms with E-state index in [0.29, 0.717) is 0 Å². The maximum atomic E-state index is 11.8. The molecule has 1 atom stereocenters. The van der Waals surface area contributed by atoms with Crippen molar-refractivity contribution >= 4 is 11.6 Å². The maximum Gasteiger partial charge on any atom is 0.522 e. The molecule has 0 saturated heterocycles. The van der Waals surface area contributed by atoms with E-state index in [-0.39, 0.29) is 11.9 Å². The molecule has 0 saturated carbocycles. The van der Waals surface area contributed by atoms with E-state index in [2.05, 4.69) is 9.84 Å². The molecule has 0 radical (unpaired) electrons. The van der Waals surface area contributed by atoms with Gasteiger partial charge in [0.25, 0.3) is 0 Å². The number of halogens is 4. The smallest absolute Gasteiger partial charge is 0.290 e. The van der Waals surface area contributed by atoms with E-state index in [9.17, 15) is 13.2 Å². The van der Waals surface area contributed by atoms with Crippen molar-refractivity contribution in [1.82, 2.24) is 9.78 Å². The fraction of sp³-hybridized carbons (Fsp3) is 0.700. The Morgan fingerprint density at radius 1 is 1.41 bits per heavy atom. The first-order valence-corrected chi connectivity index (χ1v) is 5.54. The normalized spacial score (nSPS) is 14.1. The second-order valence-electron chi connectivity index (χ2n) is 3.72. The molecule has 0 fully saturated rings. The Hall–Kier alpha value is -0.750. The molecule has 1 rings (SSSR count). The lowest BCUT2D eigenvalue weighted by molar-refractivity contribution is -0.325. The summed E-state index contributed by atoms with van der Waals surface area (Å²) in [6, 6.07) is 0. The van der Waals surface area contributed by atoms with E-state index >= 15 is 0 Å². The van der Waals surface area contributed by atoms with Gasteiger partial charge in [-0.2, -0.15) is 5.10 Å². The van der Waals surface area contributed by atoms with Crippen LogP contribution in [0, 0.1) is 13.8 Å². The van der Waals surface area contributed by atoms with Crippen LogP contribution in [0.2, 0.25) is 0 Å². The van der Waals surface area contributed by atoms with Gasteiger partial charge in [-0.25, -0.2) is 0 Å². The third-order valence-electron chi connectivity index (χ3n) is 2.40. The molecule has 0 spiro atoms. The summed E-state index contributed by atoms with van der Waals surface area (Å²) in [5.74, 6) is 0. The molecule has 0 bridgehead atoms. The number of nitrogens with zero attached hydrogens (tertiary/aromatic N) is 2. The number of hydrogen-bond donors (Lipinski definition) is 0. The first-order chi connectivity index (χ1) is 7.72. The quantitative estimate of drug-likeness (QED) is 0.785. The van der Waals surface area contributed by atoms with Crippen molar-refractivity contribution in [3.05, 3.63) is 17.0 Å². The molecule has 7 heteroatoms. The first kappa shape index (κ1) is 14.3. The summed E-state index contributed by atoms with van der Waals surface area (Å²) in [6.07, 6.45) is -4.60. The lowest BCUT2D eigenvalue weighted by Gasteiger charge is -2.09. The Labute approximate surface area is 103 Å². The van der Waals surface area contributed by atoms with Crippen molar-refractivity contribution in [3.8, 4) is 0 Å². The average molecular weight is 271 g/mol. The molecule has 0 aliphatic rings. The van der Waals surface area contributed by atoms with Gasteiger partial charge in [0.2, 0.25) is 0 Å². The number of ether oxygens (including phenoxy) is 1. The zero-order valence-electron chi connectivity index (χ0n) is 9.81. The van der Waals surface area contributed by atoms with Gasteiger partial charge in [0.15, 0.2) is 0 Å². The highest BCUT2D eigenvalue weighted by Gasteiger charge is 2.28. The average Bonchev–Trinajstić information content (AvgIpc) is 2.39. The molecule has 0 aliphatic heterocycles. The van der Waals surface area contributed by atoms with Gasteiger partial charge in [-0.05, 0) is 20.8 Å². The minimum Gasteiger partial charge on any atom is -0.290 e. The summed E-state index contributed by atoms with van der Waals surface area (Å²) in [7, 11) is 0. The zero-order chi connectivity index (χ0) is 13.2. The van der Waals surface area contributed by atoms with E-state index in [1.54, 1.807) is 20.8 Å². The van der Waals surface area contributed by atoms with E-state index in [1.807, 2.05) is 0 Å². The van der Waals surface area contributed by atoms with Crippen LogP contribution in [0.15, 0.2) is 0 Å². The molecule has 0 aliphatic carbocycles. The van der Waals surface area contributed by atoms with Gasteiger partial charge in [-0.15, -0.1) is 24.8 Å². The Kier molecular flexibility index (Phi) is 4.43. The predicted molar refractivity (Wildman–Crippen MR) is 58.0 cm³/mol. The first-order valence-electron chi connectivity index (χ1n) is 5.11. The van der Waals surface area contributed by atoms with Crippen LogP contribution in [0.4, 0.5) is 13.2 Å². The van der Waals surface area contributed by atoms with Gasteiger partial charge in [-0.3, -0.25) is 9.42 Å². The van der Waals surface area contributed by atoms with E-state index in [0.717, 1.165) is 17.0 Å². The van der Waals surface area contributed by atoms with Gasteiger partial charge in [-0.1, -0.05) is 0 Å². The summed E-state index contributed by atoms with van der Waals surface area (Å²) in [5, 5.41) is 3.92. The SMILES string of the molecule is Cc1nn(CCOC(F)(F)F)c(C)c1C(C)Cl. The molecule has 0 aromatic carbocycles. The van der Waals surface area contributed by atoms with E-state index in [1.165, 1.54) is 4.68 Å². The van der Waals surface area contributed by atoms with Crippen molar-refractivity contribution in [1.29, 1.82) is 0 Å². The van der Waals surface area contributed by atoms with Gasteiger partial charge in [0.1, 0.15) is 0 Å². The fourth-order valence-corrected chi connectivity index (χ4v) is 2.07. The molecule has 1 unspecified atom stereocenters. The minimum atomic E-state index is -4.60. The highest BCUT2D eigenvalue weighted by molar-refractivity contribution is 6.20. The highest BCUT2D eigenvalue weighted by atomic mass is 35.5. The second kappa shape index (κ2) is 5.27. The molecule has 1 heterocycles. The third-order valence-corrected chi connectivity index (χ3v) is 2.62.